The summed E-state index contributed by atoms with van der Waals surface area (Å²) in [5, 5.41) is 14.3. The zero-order valence-electron chi connectivity index (χ0n) is 17.9. The Hall–Kier alpha value is -4.13. The number of rotatable bonds is 8. The van der Waals surface area contributed by atoms with Crippen molar-refractivity contribution < 1.29 is 24.2 Å². The van der Waals surface area contributed by atoms with Gasteiger partial charge in [-0.25, -0.2) is 9.59 Å². The molecule has 0 aromatic heterocycles. The average Bonchev–Trinajstić information content (AvgIpc) is 3.15. The van der Waals surface area contributed by atoms with Crippen LogP contribution in [0.4, 0.5) is 4.79 Å². The molecular weight excluding hydrogens is 420 g/mol. The predicted molar refractivity (Wildman–Crippen MR) is 123 cm³/mol. The van der Waals surface area contributed by atoms with Gasteiger partial charge in [-0.1, -0.05) is 66.7 Å². The third-order valence-corrected chi connectivity index (χ3v) is 5.70. The van der Waals surface area contributed by atoms with Gasteiger partial charge in [0.1, 0.15) is 6.61 Å². The van der Waals surface area contributed by atoms with Crippen molar-refractivity contribution in [3.8, 4) is 11.1 Å². The summed E-state index contributed by atoms with van der Waals surface area (Å²) in [6.07, 6.45) is -0.290. The van der Waals surface area contributed by atoms with Crippen molar-refractivity contribution in [2.24, 2.45) is 0 Å². The van der Waals surface area contributed by atoms with Crippen molar-refractivity contribution in [1.29, 1.82) is 0 Å². The van der Waals surface area contributed by atoms with Crippen molar-refractivity contribution in [2.75, 3.05) is 19.7 Å². The van der Waals surface area contributed by atoms with Gasteiger partial charge in [-0.3, -0.25) is 4.79 Å². The minimum absolute atomic E-state index is 0.0497. The van der Waals surface area contributed by atoms with Gasteiger partial charge in [-0.15, -0.1) is 0 Å². The highest BCUT2D eigenvalue weighted by atomic mass is 16.5. The highest BCUT2D eigenvalue weighted by Crippen LogP contribution is 2.44. The Balaban J connectivity index is 1.23. The molecular formula is C26H24N2O5. The normalized spacial score (nSPS) is 11.9. The van der Waals surface area contributed by atoms with Crippen LogP contribution >= 0.6 is 0 Å². The van der Waals surface area contributed by atoms with Crippen molar-refractivity contribution >= 4 is 18.0 Å². The number of ether oxygens (including phenoxy) is 1. The standard InChI is InChI=1S/C26H24N2O5/c29-24(27-14-13-17-7-1-2-8-18(17)25(30)31)15-28-26(32)33-16-23-21-11-5-3-9-19(21)20-10-4-6-12-22(20)23/h1-12,23H,13-16H2,(H,27,29)(H,28,32)(H,30,31). The first-order chi connectivity index (χ1) is 16.0. The Kier molecular flexibility index (Phi) is 6.69. The van der Waals surface area contributed by atoms with E-state index in [0.29, 0.717) is 12.0 Å². The quantitative estimate of drug-likeness (QED) is 0.493. The molecule has 4 rings (SSSR count). The second-order valence-corrected chi connectivity index (χ2v) is 7.74. The first-order valence-corrected chi connectivity index (χ1v) is 10.7. The van der Waals surface area contributed by atoms with Crippen LogP contribution in [0.25, 0.3) is 11.1 Å². The number of carboxylic acid groups (broad SMARTS) is 1. The fraction of sp³-hybridized carbons (Fsp3) is 0.192. The molecule has 0 aliphatic heterocycles. The van der Waals surface area contributed by atoms with Gasteiger partial charge in [0, 0.05) is 12.5 Å². The summed E-state index contributed by atoms with van der Waals surface area (Å²) in [6, 6.07) is 22.8. The van der Waals surface area contributed by atoms with Crippen molar-refractivity contribution in [2.45, 2.75) is 12.3 Å². The summed E-state index contributed by atoms with van der Waals surface area (Å²) < 4.78 is 5.41. The predicted octanol–water partition coefficient (Wildman–Crippen LogP) is 3.58. The maximum atomic E-state index is 12.2. The van der Waals surface area contributed by atoms with Crippen LogP contribution in [0.1, 0.15) is 33.0 Å². The van der Waals surface area contributed by atoms with Crippen LogP contribution in [0.5, 0.6) is 0 Å². The van der Waals surface area contributed by atoms with E-state index in [1.54, 1.807) is 18.2 Å². The lowest BCUT2D eigenvalue weighted by molar-refractivity contribution is -0.120. The fourth-order valence-electron chi connectivity index (χ4n) is 4.15. The lowest BCUT2D eigenvalue weighted by Crippen LogP contribution is -2.38. The molecule has 0 bridgehead atoms. The number of carboxylic acids is 1. The number of benzene rings is 3. The van der Waals surface area contributed by atoms with E-state index in [0.717, 1.165) is 22.3 Å². The van der Waals surface area contributed by atoms with Crippen molar-refractivity contribution in [3.63, 3.8) is 0 Å². The van der Waals surface area contributed by atoms with E-state index in [-0.39, 0.29) is 37.1 Å². The van der Waals surface area contributed by atoms with Crippen LogP contribution in [0.15, 0.2) is 72.8 Å². The van der Waals surface area contributed by atoms with E-state index in [9.17, 15) is 19.5 Å². The number of nitrogens with one attached hydrogen (secondary N) is 2. The first-order valence-electron chi connectivity index (χ1n) is 10.7. The monoisotopic (exact) mass is 444 g/mol. The number of amides is 2. The number of aromatic carboxylic acids is 1. The van der Waals surface area contributed by atoms with Crippen molar-refractivity contribution in [1.82, 2.24) is 10.6 Å². The van der Waals surface area contributed by atoms with E-state index in [2.05, 4.69) is 22.8 Å². The van der Waals surface area contributed by atoms with Crippen LogP contribution in [0.3, 0.4) is 0 Å². The topological polar surface area (TPSA) is 105 Å². The lowest BCUT2D eigenvalue weighted by Gasteiger charge is -2.14. The Morgan fingerprint density at radius 2 is 1.42 bits per heavy atom. The third kappa shape index (κ3) is 5.03. The molecule has 0 spiro atoms. The fourth-order valence-corrected chi connectivity index (χ4v) is 4.15. The zero-order valence-corrected chi connectivity index (χ0v) is 17.9. The van der Waals surface area contributed by atoms with Crippen LogP contribution in [0, 0.1) is 0 Å². The molecule has 3 N–H and O–H groups in total. The number of fused-ring (bicyclic) bond motifs is 3. The second-order valence-electron chi connectivity index (χ2n) is 7.74. The molecule has 7 nitrogen and oxygen atoms in total. The average molecular weight is 444 g/mol. The second kappa shape index (κ2) is 9.99. The Bertz CT molecular complexity index is 1150. The number of carbonyl (C=O) groups is 3. The smallest absolute Gasteiger partial charge is 0.407 e. The van der Waals surface area contributed by atoms with Crippen molar-refractivity contribution in [3.05, 3.63) is 95.1 Å². The molecule has 0 radical (unpaired) electrons. The summed E-state index contributed by atoms with van der Waals surface area (Å²) in [4.78, 5) is 35.5. The highest BCUT2D eigenvalue weighted by Gasteiger charge is 2.29. The van der Waals surface area contributed by atoms with Crippen LogP contribution < -0.4 is 10.6 Å². The van der Waals surface area contributed by atoms with E-state index < -0.39 is 12.1 Å². The molecule has 3 aromatic carbocycles. The minimum Gasteiger partial charge on any atom is -0.478 e. The molecule has 0 saturated carbocycles. The molecule has 0 atom stereocenters. The largest absolute Gasteiger partial charge is 0.478 e. The minimum atomic E-state index is -1.01. The Morgan fingerprint density at radius 3 is 2.09 bits per heavy atom. The van der Waals surface area contributed by atoms with Gasteiger partial charge in [-0.05, 0) is 40.3 Å². The van der Waals surface area contributed by atoms with Crippen LogP contribution in [0.2, 0.25) is 0 Å². The molecule has 7 heteroatoms. The molecule has 0 heterocycles. The zero-order chi connectivity index (χ0) is 23.2. The molecule has 168 valence electrons. The summed E-state index contributed by atoms with van der Waals surface area (Å²) in [6.45, 7) is 0.209. The SMILES string of the molecule is O=C(CNC(=O)OCC1c2ccccc2-c2ccccc21)NCCc1ccccc1C(=O)O. The van der Waals surface area contributed by atoms with Gasteiger partial charge >= 0.3 is 12.1 Å². The number of carbonyl (C=O) groups excluding carboxylic acids is 2. The van der Waals surface area contributed by atoms with Gasteiger partial charge in [0.15, 0.2) is 0 Å². The molecule has 1 aliphatic carbocycles. The van der Waals surface area contributed by atoms with Gasteiger partial charge in [0.05, 0.1) is 12.1 Å². The van der Waals surface area contributed by atoms with E-state index in [1.165, 1.54) is 6.07 Å². The van der Waals surface area contributed by atoms with Gasteiger partial charge in [-0.2, -0.15) is 0 Å². The van der Waals surface area contributed by atoms with Gasteiger partial charge < -0.3 is 20.5 Å². The molecule has 0 unspecified atom stereocenters. The summed E-state index contributed by atoms with van der Waals surface area (Å²) in [5.41, 5.74) is 5.37. The summed E-state index contributed by atoms with van der Waals surface area (Å²) >= 11 is 0. The maximum Gasteiger partial charge on any atom is 0.407 e. The van der Waals surface area contributed by atoms with Gasteiger partial charge in [0.2, 0.25) is 5.91 Å². The molecule has 0 saturated heterocycles. The maximum absolute atomic E-state index is 12.2. The van der Waals surface area contributed by atoms with Gasteiger partial charge in [0.25, 0.3) is 0 Å². The molecule has 33 heavy (non-hydrogen) atoms. The van der Waals surface area contributed by atoms with E-state index >= 15 is 0 Å². The molecule has 2 amide bonds. The third-order valence-electron chi connectivity index (χ3n) is 5.70. The van der Waals surface area contributed by atoms with Crippen LogP contribution in [-0.2, 0) is 16.0 Å². The number of hydrogen-bond donors (Lipinski definition) is 3. The Labute approximate surface area is 191 Å². The molecule has 1 aliphatic rings. The van der Waals surface area contributed by atoms with Crippen LogP contribution in [-0.4, -0.2) is 42.8 Å². The molecule has 3 aromatic rings. The summed E-state index contributed by atoms with van der Waals surface area (Å²) in [7, 11) is 0. The Morgan fingerprint density at radius 1 is 0.818 bits per heavy atom. The number of alkyl carbamates (subject to hydrolysis) is 1. The lowest BCUT2D eigenvalue weighted by atomic mass is 9.98. The van der Waals surface area contributed by atoms with E-state index in [4.69, 9.17) is 4.74 Å². The first kappa shape index (κ1) is 22.1. The highest BCUT2D eigenvalue weighted by molar-refractivity contribution is 5.89. The number of hydrogen-bond acceptors (Lipinski definition) is 4. The summed E-state index contributed by atoms with van der Waals surface area (Å²) in [5.74, 6) is -1.43. The molecule has 0 fully saturated rings. The van der Waals surface area contributed by atoms with E-state index in [1.807, 2.05) is 36.4 Å².